The highest BCUT2D eigenvalue weighted by Gasteiger charge is 2.30. The number of fused-ring (bicyclic) bond motifs is 4. The average molecular weight is 364 g/mol. The molecule has 2 heteroatoms. The number of carbonyl (C=O) groups excluding carboxylic acids is 2. The fourth-order valence-electron chi connectivity index (χ4n) is 4.20. The summed E-state index contributed by atoms with van der Waals surface area (Å²) in [6.45, 7) is 8.25. The quantitative estimate of drug-likeness (QED) is 0.338. The lowest BCUT2D eigenvalue weighted by Gasteiger charge is -2.20. The summed E-state index contributed by atoms with van der Waals surface area (Å²) in [5.74, 6) is -0.130. The van der Waals surface area contributed by atoms with Crippen LogP contribution in [0.3, 0.4) is 0 Å². The first kappa shape index (κ1) is 16.9. The third kappa shape index (κ3) is 2.27. The predicted octanol–water partition coefficient (Wildman–Crippen LogP) is 6.00. The monoisotopic (exact) mass is 364 g/mol. The molecule has 2 nitrogen and oxygen atoms in total. The summed E-state index contributed by atoms with van der Waals surface area (Å²) in [5, 5.41) is 4.00. The number of benzene rings is 4. The van der Waals surface area contributed by atoms with Crippen molar-refractivity contribution in [1.82, 2.24) is 0 Å². The van der Waals surface area contributed by atoms with Gasteiger partial charge in [-0.25, -0.2) is 0 Å². The van der Waals surface area contributed by atoms with Crippen molar-refractivity contribution in [2.75, 3.05) is 0 Å². The topological polar surface area (TPSA) is 34.1 Å². The second kappa shape index (κ2) is 5.62. The third-order valence-corrected chi connectivity index (χ3v) is 6.16. The van der Waals surface area contributed by atoms with E-state index in [1.165, 1.54) is 22.3 Å². The highest BCUT2D eigenvalue weighted by molar-refractivity contribution is 6.30. The highest BCUT2D eigenvalue weighted by Crippen LogP contribution is 2.34. The van der Waals surface area contributed by atoms with Crippen LogP contribution in [0.25, 0.3) is 21.5 Å². The number of carbonyl (C=O) groups is 2. The van der Waals surface area contributed by atoms with Gasteiger partial charge in [-0.1, -0.05) is 24.3 Å². The predicted molar refractivity (Wildman–Crippen MR) is 114 cm³/mol. The molecule has 1 aliphatic rings. The highest BCUT2D eigenvalue weighted by atomic mass is 16.1. The lowest BCUT2D eigenvalue weighted by atomic mass is 9.81. The Morgan fingerprint density at radius 1 is 0.393 bits per heavy atom. The summed E-state index contributed by atoms with van der Waals surface area (Å²) in [6.07, 6.45) is 0. The summed E-state index contributed by atoms with van der Waals surface area (Å²) in [4.78, 5) is 26.6. The first-order chi connectivity index (χ1) is 13.3. The molecule has 0 heterocycles. The Balaban J connectivity index is 1.80. The van der Waals surface area contributed by atoms with Gasteiger partial charge in [-0.3, -0.25) is 9.59 Å². The second-order valence-electron chi connectivity index (χ2n) is 8.02. The fourth-order valence-corrected chi connectivity index (χ4v) is 4.20. The van der Waals surface area contributed by atoms with E-state index in [-0.39, 0.29) is 11.6 Å². The van der Waals surface area contributed by atoms with Crippen molar-refractivity contribution in [3.05, 3.63) is 93.0 Å². The van der Waals surface area contributed by atoms with Gasteiger partial charge in [0.25, 0.3) is 0 Å². The van der Waals surface area contributed by atoms with Crippen LogP contribution in [-0.2, 0) is 0 Å². The van der Waals surface area contributed by atoms with Crippen molar-refractivity contribution in [1.29, 1.82) is 0 Å². The largest absolute Gasteiger partial charge is 0.289 e. The van der Waals surface area contributed by atoms with E-state index in [1.807, 2.05) is 24.3 Å². The Labute approximate surface area is 163 Å². The Kier molecular flexibility index (Phi) is 3.39. The molecule has 0 radical (unpaired) electrons. The van der Waals surface area contributed by atoms with Gasteiger partial charge in [0, 0.05) is 22.3 Å². The van der Waals surface area contributed by atoms with Crippen LogP contribution in [0, 0.1) is 27.7 Å². The second-order valence-corrected chi connectivity index (χ2v) is 8.02. The van der Waals surface area contributed by atoms with Crippen molar-refractivity contribution in [2.45, 2.75) is 27.7 Å². The van der Waals surface area contributed by atoms with Crippen molar-refractivity contribution in [2.24, 2.45) is 0 Å². The molecule has 5 rings (SSSR count). The van der Waals surface area contributed by atoms with Crippen LogP contribution >= 0.6 is 0 Å². The Morgan fingerprint density at radius 3 is 0.821 bits per heavy atom. The summed E-state index contributed by atoms with van der Waals surface area (Å²) in [6, 6.07) is 15.9. The number of rotatable bonds is 0. The molecule has 0 aliphatic heterocycles. The van der Waals surface area contributed by atoms with Crippen LogP contribution in [0.4, 0.5) is 0 Å². The van der Waals surface area contributed by atoms with Crippen LogP contribution < -0.4 is 0 Å². The van der Waals surface area contributed by atoms with Crippen LogP contribution in [0.1, 0.15) is 54.1 Å². The summed E-state index contributed by atoms with van der Waals surface area (Å²) in [5.41, 5.74) is 6.76. The molecule has 0 spiro atoms. The Hall–Kier alpha value is -3.26. The van der Waals surface area contributed by atoms with Gasteiger partial charge < -0.3 is 0 Å². The van der Waals surface area contributed by atoms with Gasteiger partial charge in [-0.15, -0.1) is 0 Å². The summed E-state index contributed by atoms with van der Waals surface area (Å²) in [7, 11) is 0. The molecule has 0 aromatic heterocycles. The fraction of sp³-hybridized carbons (Fsp3) is 0.154. The average Bonchev–Trinajstić information content (AvgIpc) is 2.66. The SMILES string of the molecule is Cc1cc2cc3c(cc2cc1C)C(=O)c1cc2cc(C)c(C)cc2cc1C3=O. The summed E-state index contributed by atoms with van der Waals surface area (Å²) < 4.78 is 0. The van der Waals surface area contributed by atoms with E-state index in [9.17, 15) is 9.59 Å². The van der Waals surface area contributed by atoms with E-state index in [4.69, 9.17) is 0 Å². The number of ketones is 2. The zero-order chi connectivity index (χ0) is 19.7. The standard InChI is InChI=1S/C26H20O2/c1-13-5-17-9-21-22(10-18(17)6-14(13)2)26(28)24-12-20-8-16(4)15(3)7-19(20)11-23(24)25(21)27/h5-12H,1-4H3. The minimum Gasteiger partial charge on any atom is -0.289 e. The molecular formula is C26H20O2. The normalized spacial score (nSPS) is 13.1. The smallest absolute Gasteiger partial charge is 0.194 e. The minimum atomic E-state index is -0.0649. The third-order valence-electron chi connectivity index (χ3n) is 6.16. The maximum atomic E-state index is 13.3. The summed E-state index contributed by atoms with van der Waals surface area (Å²) >= 11 is 0. The lowest BCUT2D eigenvalue weighted by Crippen LogP contribution is -2.21. The Morgan fingerprint density at radius 2 is 0.607 bits per heavy atom. The number of aryl methyl sites for hydroxylation is 4. The van der Waals surface area contributed by atoms with Gasteiger partial charge in [0.05, 0.1) is 0 Å². The first-order valence-corrected chi connectivity index (χ1v) is 9.53. The number of hydrogen-bond donors (Lipinski definition) is 0. The van der Waals surface area contributed by atoms with E-state index in [0.717, 1.165) is 21.5 Å². The van der Waals surface area contributed by atoms with E-state index in [2.05, 4.69) is 52.0 Å². The van der Waals surface area contributed by atoms with Gasteiger partial charge in [0.15, 0.2) is 11.6 Å². The van der Waals surface area contributed by atoms with Crippen LogP contribution in [0.15, 0.2) is 48.5 Å². The van der Waals surface area contributed by atoms with Crippen LogP contribution in [0.2, 0.25) is 0 Å². The van der Waals surface area contributed by atoms with Gasteiger partial charge >= 0.3 is 0 Å². The molecule has 0 saturated carbocycles. The minimum absolute atomic E-state index is 0.0649. The molecule has 0 N–H and O–H groups in total. The van der Waals surface area contributed by atoms with Gasteiger partial charge in [0.1, 0.15) is 0 Å². The first-order valence-electron chi connectivity index (χ1n) is 9.53. The van der Waals surface area contributed by atoms with E-state index in [0.29, 0.717) is 22.3 Å². The molecular weight excluding hydrogens is 344 g/mol. The molecule has 4 aromatic carbocycles. The van der Waals surface area contributed by atoms with Gasteiger partial charge in [0.2, 0.25) is 0 Å². The molecule has 0 saturated heterocycles. The molecule has 0 amide bonds. The van der Waals surface area contributed by atoms with Crippen LogP contribution in [-0.4, -0.2) is 11.6 Å². The van der Waals surface area contributed by atoms with Crippen molar-refractivity contribution in [3.8, 4) is 0 Å². The number of hydrogen-bond acceptors (Lipinski definition) is 2. The van der Waals surface area contributed by atoms with Gasteiger partial charge in [-0.2, -0.15) is 0 Å². The molecule has 136 valence electrons. The van der Waals surface area contributed by atoms with Crippen LogP contribution in [0.5, 0.6) is 0 Å². The van der Waals surface area contributed by atoms with Crippen molar-refractivity contribution < 1.29 is 9.59 Å². The van der Waals surface area contributed by atoms with E-state index < -0.39 is 0 Å². The molecule has 28 heavy (non-hydrogen) atoms. The maximum absolute atomic E-state index is 13.3. The van der Waals surface area contributed by atoms with Crippen molar-refractivity contribution in [3.63, 3.8) is 0 Å². The van der Waals surface area contributed by atoms with E-state index in [1.54, 1.807) is 0 Å². The maximum Gasteiger partial charge on any atom is 0.194 e. The molecule has 1 aliphatic carbocycles. The zero-order valence-corrected chi connectivity index (χ0v) is 16.4. The molecule has 0 unspecified atom stereocenters. The molecule has 4 aromatic rings. The lowest BCUT2D eigenvalue weighted by molar-refractivity contribution is 0.0979. The Bertz CT molecular complexity index is 1160. The molecule has 0 bridgehead atoms. The van der Waals surface area contributed by atoms with E-state index >= 15 is 0 Å². The zero-order valence-electron chi connectivity index (χ0n) is 16.4. The van der Waals surface area contributed by atoms with Crippen molar-refractivity contribution >= 4 is 33.1 Å². The molecule has 0 atom stereocenters. The van der Waals surface area contributed by atoms with Gasteiger partial charge in [-0.05, 0) is 95.8 Å². The molecule has 0 fully saturated rings.